The van der Waals surface area contributed by atoms with E-state index in [1.54, 1.807) is 6.92 Å². The molecule has 0 bridgehead atoms. The fraction of sp³-hybridized carbons (Fsp3) is 0.300. The Balaban J connectivity index is 3.25. The molecule has 0 heterocycles. The lowest BCUT2D eigenvalue weighted by molar-refractivity contribution is -0.150. The first-order valence-corrected chi connectivity index (χ1v) is 4.04. The van der Waals surface area contributed by atoms with Crippen LogP contribution in [-0.4, -0.2) is 11.1 Å². The molecular weight excluding hydrogens is 190 g/mol. The standard InChI is InChI=1S/C10H10F2O2/c1-6-3-7(5-8(11)4-6)10(2,12)9(13)14/h3-5H,1-2H3,(H,13,14). The maximum Gasteiger partial charge on any atom is 0.345 e. The van der Waals surface area contributed by atoms with Crippen LogP contribution in [0.2, 0.25) is 0 Å². The van der Waals surface area contributed by atoms with Crippen molar-refractivity contribution in [1.29, 1.82) is 0 Å². The molecule has 0 radical (unpaired) electrons. The molecule has 14 heavy (non-hydrogen) atoms. The molecule has 0 aliphatic heterocycles. The van der Waals surface area contributed by atoms with E-state index in [1.165, 1.54) is 12.1 Å². The van der Waals surface area contributed by atoms with Crippen LogP contribution in [0.15, 0.2) is 18.2 Å². The van der Waals surface area contributed by atoms with Gasteiger partial charge in [-0.05, 0) is 31.5 Å². The van der Waals surface area contributed by atoms with Crippen molar-refractivity contribution in [3.05, 3.63) is 35.1 Å². The Kier molecular flexibility index (Phi) is 2.55. The molecule has 0 fully saturated rings. The highest BCUT2D eigenvalue weighted by molar-refractivity contribution is 5.78. The van der Waals surface area contributed by atoms with Gasteiger partial charge in [0.1, 0.15) is 5.82 Å². The number of hydrogen-bond acceptors (Lipinski definition) is 1. The monoisotopic (exact) mass is 200 g/mol. The molecule has 0 saturated heterocycles. The number of halogens is 2. The maximum absolute atomic E-state index is 13.5. The van der Waals surface area contributed by atoms with Gasteiger partial charge in [0, 0.05) is 5.56 Å². The van der Waals surface area contributed by atoms with Gasteiger partial charge in [-0.15, -0.1) is 0 Å². The fourth-order valence-corrected chi connectivity index (χ4v) is 1.13. The van der Waals surface area contributed by atoms with Crippen molar-refractivity contribution in [2.24, 2.45) is 0 Å². The van der Waals surface area contributed by atoms with Crippen molar-refractivity contribution in [3.63, 3.8) is 0 Å². The molecule has 76 valence electrons. The van der Waals surface area contributed by atoms with Crippen LogP contribution >= 0.6 is 0 Å². The molecule has 0 aromatic heterocycles. The Morgan fingerprint density at radius 2 is 2.00 bits per heavy atom. The van der Waals surface area contributed by atoms with Crippen LogP contribution in [-0.2, 0) is 10.5 Å². The Morgan fingerprint density at radius 3 is 2.43 bits per heavy atom. The van der Waals surface area contributed by atoms with Crippen LogP contribution in [0.5, 0.6) is 0 Å². The minimum Gasteiger partial charge on any atom is -0.479 e. The summed E-state index contributed by atoms with van der Waals surface area (Å²) in [7, 11) is 0. The third kappa shape index (κ3) is 1.89. The summed E-state index contributed by atoms with van der Waals surface area (Å²) in [6.07, 6.45) is 0. The van der Waals surface area contributed by atoms with Gasteiger partial charge in [0.05, 0.1) is 0 Å². The molecule has 0 amide bonds. The number of benzene rings is 1. The lowest BCUT2D eigenvalue weighted by Gasteiger charge is -2.15. The molecule has 0 aliphatic carbocycles. The van der Waals surface area contributed by atoms with Gasteiger partial charge in [-0.3, -0.25) is 0 Å². The van der Waals surface area contributed by atoms with Gasteiger partial charge in [-0.1, -0.05) is 6.07 Å². The highest BCUT2D eigenvalue weighted by atomic mass is 19.1. The zero-order chi connectivity index (χ0) is 10.9. The second-order valence-corrected chi connectivity index (χ2v) is 3.33. The molecule has 0 aliphatic rings. The first-order valence-electron chi connectivity index (χ1n) is 4.04. The molecule has 0 saturated carbocycles. The second kappa shape index (κ2) is 3.36. The van der Waals surface area contributed by atoms with Crippen LogP contribution in [0.3, 0.4) is 0 Å². The summed E-state index contributed by atoms with van der Waals surface area (Å²) in [5, 5.41) is 8.58. The zero-order valence-electron chi connectivity index (χ0n) is 7.84. The van der Waals surface area contributed by atoms with Crippen LogP contribution in [0.4, 0.5) is 8.78 Å². The first-order chi connectivity index (χ1) is 6.34. The SMILES string of the molecule is Cc1cc(F)cc(C(C)(F)C(=O)O)c1. The predicted octanol–water partition coefficient (Wildman–Crippen LogP) is 2.40. The number of aliphatic carboxylic acids is 1. The molecule has 1 rings (SSSR count). The van der Waals surface area contributed by atoms with E-state index in [1.807, 2.05) is 0 Å². The first kappa shape index (κ1) is 10.6. The third-order valence-electron chi connectivity index (χ3n) is 1.99. The molecule has 4 heteroatoms. The van der Waals surface area contributed by atoms with E-state index in [0.717, 1.165) is 13.0 Å². The van der Waals surface area contributed by atoms with E-state index >= 15 is 0 Å². The van der Waals surface area contributed by atoms with Crippen molar-refractivity contribution < 1.29 is 18.7 Å². The number of alkyl halides is 1. The summed E-state index contributed by atoms with van der Waals surface area (Å²) in [6, 6.07) is 3.42. The predicted molar refractivity (Wildman–Crippen MR) is 47.2 cm³/mol. The van der Waals surface area contributed by atoms with E-state index in [2.05, 4.69) is 0 Å². The molecule has 1 aromatic carbocycles. The molecule has 2 nitrogen and oxygen atoms in total. The average molecular weight is 200 g/mol. The number of rotatable bonds is 2. The van der Waals surface area contributed by atoms with Crippen LogP contribution in [0.25, 0.3) is 0 Å². The van der Waals surface area contributed by atoms with Crippen LogP contribution < -0.4 is 0 Å². The van der Waals surface area contributed by atoms with Crippen LogP contribution in [0, 0.1) is 12.7 Å². The molecule has 1 N–H and O–H groups in total. The van der Waals surface area contributed by atoms with Crippen molar-refractivity contribution in [2.75, 3.05) is 0 Å². The molecule has 0 spiro atoms. The van der Waals surface area contributed by atoms with E-state index in [0.29, 0.717) is 5.56 Å². The fourth-order valence-electron chi connectivity index (χ4n) is 1.13. The summed E-state index contributed by atoms with van der Waals surface area (Å²) in [5.74, 6) is -2.26. The topological polar surface area (TPSA) is 37.3 Å². The van der Waals surface area contributed by atoms with Gasteiger partial charge in [-0.25, -0.2) is 13.6 Å². The quantitative estimate of drug-likeness (QED) is 0.795. The zero-order valence-corrected chi connectivity index (χ0v) is 7.84. The largest absolute Gasteiger partial charge is 0.479 e. The maximum atomic E-state index is 13.5. The Hall–Kier alpha value is -1.45. The van der Waals surface area contributed by atoms with Crippen molar-refractivity contribution >= 4 is 5.97 Å². The molecule has 1 aromatic rings. The highest BCUT2D eigenvalue weighted by Crippen LogP contribution is 2.27. The number of carbonyl (C=O) groups is 1. The number of hydrogen-bond donors (Lipinski definition) is 1. The van der Waals surface area contributed by atoms with Crippen molar-refractivity contribution in [3.8, 4) is 0 Å². The average Bonchev–Trinajstić information content (AvgIpc) is 2.01. The Labute approximate surface area is 80.2 Å². The summed E-state index contributed by atoms with van der Waals surface area (Å²) >= 11 is 0. The summed E-state index contributed by atoms with van der Waals surface area (Å²) in [4.78, 5) is 10.5. The second-order valence-electron chi connectivity index (χ2n) is 3.33. The van der Waals surface area contributed by atoms with Gasteiger partial charge in [0.2, 0.25) is 5.67 Å². The number of aryl methyl sites for hydroxylation is 1. The molecule has 1 unspecified atom stereocenters. The van der Waals surface area contributed by atoms with Gasteiger partial charge >= 0.3 is 5.97 Å². The lowest BCUT2D eigenvalue weighted by Crippen LogP contribution is -2.27. The minimum atomic E-state index is -2.55. The van der Waals surface area contributed by atoms with Crippen molar-refractivity contribution in [1.82, 2.24) is 0 Å². The lowest BCUT2D eigenvalue weighted by atomic mass is 9.96. The van der Waals surface area contributed by atoms with E-state index in [9.17, 15) is 13.6 Å². The summed E-state index contributed by atoms with van der Waals surface area (Å²) in [5.41, 5.74) is -2.24. The normalized spacial score (nSPS) is 14.9. The van der Waals surface area contributed by atoms with Gasteiger partial charge in [0.15, 0.2) is 0 Å². The number of carboxylic acid groups (broad SMARTS) is 1. The van der Waals surface area contributed by atoms with E-state index in [-0.39, 0.29) is 5.56 Å². The summed E-state index contributed by atoms with van der Waals surface area (Å²) in [6.45, 7) is 2.47. The number of carboxylic acids is 1. The third-order valence-corrected chi connectivity index (χ3v) is 1.99. The van der Waals surface area contributed by atoms with Crippen molar-refractivity contribution in [2.45, 2.75) is 19.5 Å². The van der Waals surface area contributed by atoms with E-state index < -0.39 is 17.5 Å². The van der Waals surface area contributed by atoms with Gasteiger partial charge in [-0.2, -0.15) is 0 Å². The van der Waals surface area contributed by atoms with E-state index in [4.69, 9.17) is 5.11 Å². The Bertz CT molecular complexity index is 352. The smallest absolute Gasteiger partial charge is 0.345 e. The minimum absolute atomic E-state index is 0.178. The molecular formula is C10H10F2O2. The van der Waals surface area contributed by atoms with Gasteiger partial charge in [0.25, 0.3) is 0 Å². The highest BCUT2D eigenvalue weighted by Gasteiger charge is 2.35. The summed E-state index contributed by atoms with van der Waals surface area (Å²) < 4.78 is 26.4. The van der Waals surface area contributed by atoms with Crippen LogP contribution in [0.1, 0.15) is 18.1 Å². The Morgan fingerprint density at radius 1 is 1.43 bits per heavy atom. The molecule has 1 atom stereocenters. The van der Waals surface area contributed by atoms with Gasteiger partial charge < -0.3 is 5.11 Å².